The molecule has 5 heteroatoms. The van der Waals surface area contributed by atoms with E-state index < -0.39 is 5.91 Å². The molecule has 0 aliphatic heterocycles. The zero-order valence-corrected chi connectivity index (χ0v) is 8.61. The Morgan fingerprint density at radius 2 is 2.27 bits per heavy atom. The Hall–Kier alpha value is -1.75. The number of ether oxygens (including phenoxy) is 1. The molecule has 82 valence electrons. The number of hydrogen-bond acceptors (Lipinski definition) is 4. The van der Waals surface area contributed by atoms with Crippen LogP contribution in [0.4, 0.5) is 0 Å². The van der Waals surface area contributed by atoms with Crippen LogP contribution in [0.2, 0.25) is 0 Å². The van der Waals surface area contributed by atoms with Crippen LogP contribution < -0.4 is 10.2 Å². The fourth-order valence-corrected chi connectivity index (χ4v) is 1.02. The smallest absolute Gasteiger partial charge is 0.278 e. The Bertz CT molecular complexity index is 351. The number of rotatable bonds is 4. The van der Waals surface area contributed by atoms with Gasteiger partial charge in [-0.2, -0.15) is 0 Å². The molecule has 0 aromatic heterocycles. The van der Waals surface area contributed by atoms with Gasteiger partial charge in [0, 0.05) is 0 Å². The lowest BCUT2D eigenvalue weighted by atomic mass is 10.2. The largest absolute Gasteiger partial charge is 0.507 e. The summed E-state index contributed by atoms with van der Waals surface area (Å²) in [5, 5.41) is 9.43. The minimum atomic E-state index is -0.506. The predicted molar refractivity (Wildman–Crippen MR) is 53.8 cm³/mol. The summed E-state index contributed by atoms with van der Waals surface area (Å²) in [4.78, 5) is 16.2. The summed E-state index contributed by atoms with van der Waals surface area (Å²) in [6, 6.07) is 4.39. The maximum absolute atomic E-state index is 11.4. The number of phenolic OH excluding ortho intramolecular Hbond substituents is 1. The number of benzene rings is 1. The van der Waals surface area contributed by atoms with E-state index in [9.17, 15) is 9.90 Å². The third-order valence-electron chi connectivity index (χ3n) is 1.76. The van der Waals surface area contributed by atoms with Crippen LogP contribution in [0.15, 0.2) is 18.2 Å². The van der Waals surface area contributed by atoms with E-state index in [-0.39, 0.29) is 11.3 Å². The van der Waals surface area contributed by atoms with Gasteiger partial charge in [0.2, 0.25) is 0 Å². The van der Waals surface area contributed by atoms with Gasteiger partial charge in [0.1, 0.15) is 11.5 Å². The van der Waals surface area contributed by atoms with Crippen molar-refractivity contribution in [3.8, 4) is 11.5 Å². The van der Waals surface area contributed by atoms with Gasteiger partial charge in [0.05, 0.1) is 19.3 Å². The predicted octanol–water partition coefficient (Wildman–Crippen LogP) is 1.08. The quantitative estimate of drug-likeness (QED) is 0.731. The number of hydroxylamine groups is 1. The molecule has 1 rings (SSSR count). The number of amides is 1. The molecule has 0 fully saturated rings. The van der Waals surface area contributed by atoms with E-state index in [0.29, 0.717) is 12.4 Å². The summed E-state index contributed by atoms with van der Waals surface area (Å²) < 4.78 is 4.93. The van der Waals surface area contributed by atoms with Gasteiger partial charge in [-0.3, -0.25) is 9.63 Å². The van der Waals surface area contributed by atoms with E-state index in [4.69, 9.17) is 9.57 Å². The molecule has 5 nitrogen and oxygen atoms in total. The maximum Gasteiger partial charge on any atom is 0.278 e. The van der Waals surface area contributed by atoms with Crippen molar-refractivity contribution in [2.24, 2.45) is 0 Å². The highest BCUT2D eigenvalue weighted by Gasteiger charge is 2.11. The average Bonchev–Trinajstić information content (AvgIpc) is 2.26. The van der Waals surface area contributed by atoms with Crippen LogP contribution in [0.1, 0.15) is 17.3 Å². The molecule has 1 aromatic rings. The van der Waals surface area contributed by atoms with Crippen LogP contribution in [0, 0.1) is 0 Å². The second kappa shape index (κ2) is 5.21. The van der Waals surface area contributed by atoms with Crippen LogP contribution in [0.3, 0.4) is 0 Å². The molecule has 0 atom stereocenters. The van der Waals surface area contributed by atoms with Crippen molar-refractivity contribution >= 4 is 5.91 Å². The zero-order chi connectivity index (χ0) is 11.3. The Labute approximate surface area is 87.6 Å². The minimum Gasteiger partial charge on any atom is -0.507 e. The van der Waals surface area contributed by atoms with Gasteiger partial charge in [-0.05, 0) is 25.1 Å². The summed E-state index contributed by atoms with van der Waals surface area (Å²) in [7, 11) is 1.48. The molecule has 0 heterocycles. The number of carbonyl (C=O) groups excluding carboxylic acids is 1. The standard InChI is InChI=1S/C10H13NO4/c1-3-15-11-10(13)8-6-7(14-2)4-5-9(8)12/h4-6,12H,3H2,1-2H3,(H,11,13). The summed E-state index contributed by atoms with van der Waals surface area (Å²) in [5.41, 5.74) is 2.30. The Balaban J connectivity index is 2.86. The first-order valence-corrected chi connectivity index (χ1v) is 4.48. The average molecular weight is 211 g/mol. The SMILES string of the molecule is CCONC(=O)c1cc(OC)ccc1O. The number of hydrogen-bond donors (Lipinski definition) is 2. The van der Waals surface area contributed by atoms with Gasteiger partial charge in [-0.25, -0.2) is 5.48 Å². The number of methoxy groups -OCH3 is 1. The molecule has 2 N–H and O–H groups in total. The fourth-order valence-electron chi connectivity index (χ4n) is 1.02. The number of phenols is 1. The van der Waals surface area contributed by atoms with E-state index in [1.165, 1.54) is 19.2 Å². The number of aromatic hydroxyl groups is 1. The van der Waals surface area contributed by atoms with Crippen LogP contribution in [-0.2, 0) is 4.84 Å². The van der Waals surface area contributed by atoms with Crippen LogP contribution in [0.25, 0.3) is 0 Å². The zero-order valence-electron chi connectivity index (χ0n) is 8.61. The summed E-state index contributed by atoms with van der Waals surface area (Å²) in [6.45, 7) is 2.10. The second-order valence-corrected chi connectivity index (χ2v) is 2.75. The minimum absolute atomic E-state index is 0.114. The Kier molecular flexibility index (Phi) is 3.93. The summed E-state index contributed by atoms with van der Waals surface area (Å²) in [6.07, 6.45) is 0. The molecular formula is C10H13NO4. The Morgan fingerprint density at radius 3 is 2.87 bits per heavy atom. The van der Waals surface area contributed by atoms with Crippen molar-refractivity contribution in [1.29, 1.82) is 0 Å². The van der Waals surface area contributed by atoms with Crippen molar-refractivity contribution in [2.45, 2.75) is 6.92 Å². The van der Waals surface area contributed by atoms with Gasteiger partial charge in [-0.1, -0.05) is 0 Å². The molecule has 0 saturated heterocycles. The van der Waals surface area contributed by atoms with Crippen molar-refractivity contribution < 1.29 is 19.5 Å². The third-order valence-corrected chi connectivity index (χ3v) is 1.76. The highest BCUT2D eigenvalue weighted by atomic mass is 16.6. The monoisotopic (exact) mass is 211 g/mol. The van der Waals surface area contributed by atoms with Crippen molar-refractivity contribution in [3.05, 3.63) is 23.8 Å². The summed E-state index contributed by atoms with van der Waals surface area (Å²) in [5.74, 6) is -0.129. The van der Waals surface area contributed by atoms with Crippen LogP contribution in [0.5, 0.6) is 11.5 Å². The third kappa shape index (κ3) is 2.85. The molecule has 1 aromatic carbocycles. The van der Waals surface area contributed by atoms with Crippen molar-refractivity contribution in [3.63, 3.8) is 0 Å². The van der Waals surface area contributed by atoms with Gasteiger partial charge < -0.3 is 9.84 Å². The lowest BCUT2D eigenvalue weighted by Gasteiger charge is -2.07. The molecule has 0 aliphatic carbocycles. The van der Waals surface area contributed by atoms with Gasteiger partial charge in [0.25, 0.3) is 5.91 Å². The molecule has 0 aliphatic rings. The topological polar surface area (TPSA) is 67.8 Å². The molecule has 0 radical (unpaired) electrons. The highest BCUT2D eigenvalue weighted by Crippen LogP contribution is 2.22. The van der Waals surface area contributed by atoms with E-state index >= 15 is 0 Å². The lowest BCUT2D eigenvalue weighted by Crippen LogP contribution is -2.23. The van der Waals surface area contributed by atoms with E-state index in [1.54, 1.807) is 13.0 Å². The molecule has 0 unspecified atom stereocenters. The molecule has 0 spiro atoms. The number of nitrogens with one attached hydrogen (secondary N) is 1. The lowest BCUT2D eigenvalue weighted by molar-refractivity contribution is 0.0362. The first kappa shape index (κ1) is 11.3. The fraction of sp³-hybridized carbons (Fsp3) is 0.300. The molecule has 1 amide bonds. The highest BCUT2D eigenvalue weighted by molar-refractivity contribution is 5.96. The second-order valence-electron chi connectivity index (χ2n) is 2.75. The molecular weight excluding hydrogens is 198 g/mol. The molecule has 0 bridgehead atoms. The normalized spacial score (nSPS) is 9.73. The first-order chi connectivity index (χ1) is 7.19. The van der Waals surface area contributed by atoms with E-state index in [1.807, 2.05) is 0 Å². The maximum atomic E-state index is 11.4. The Morgan fingerprint density at radius 1 is 1.53 bits per heavy atom. The number of carbonyl (C=O) groups is 1. The van der Waals surface area contributed by atoms with Crippen LogP contribution >= 0.6 is 0 Å². The molecule has 0 saturated carbocycles. The van der Waals surface area contributed by atoms with Crippen molar-refractivity contribution in [2.75, 3.05) is 13.7 Å². The summed E-state index contributed by atoms with van der Waals surface area (Å²) >= 11 is 0. The van der Waals surface area contributed by atoms with Crippen LogP contribution in [-0.4, -0.2) is 24.7 Å². The van der Waals surface area contributed by atoms with E-state index in [0.717, 1.165) is 0 Å². The van der Waals surface area contributed by atoms with Gasteiger partial charge in [0.15, 0.2) is 0 Å². The van der Waals surface area contributed by atoms with E-state index in [2.05, 4.69) is 5.48 Å². The van der Waals surface area contributed by atoms with Gasteiger partial charge in [-0.15, -0.1) is 0 Å². The van der Waals surface area contributed by atoms with Gasteiger partial charge >= 0.3 is 0 Å². The molecule has 15 heavy (non-hydrogen) atoms. The van der Waals surface area contributed by atoms with Crippen molar-refractivity contribution in [1.82, 2.24) is 5.48 Å². The first-order valence-electron chi connectivity index (χ1n) is 4.48.